The third kappa shape index (κ3) is 3.84. The molecule has 0 aliphatic heterocycles. The lowest BCUT2D eigenvalue weighted by atomic mass is 10.2. The number of unbranched alkanes of at least 4 members (excludes halogenated alkanes) is 1. The van der Waals surface area contributed by atoms with Crippen molar-refractivity contribution in [3.63, 3.8) is 0 Å². The van der Waals surface area contributed by atoms with E-state index < -0.39 is 0 Å². The number of nitriles is 1. The van der Waals surface area contributed by atoms with Gasteiger partial charge in [0.05, 0.1) is 16.4 Å². The summed E-state index contributed by atoms with van der Waals surface area (Å²) in [5.74, 6) is 0.644. The number of fused-ring (bicyclic) bond motifs is 1. The van der Waals surface area contributed by atoms with E-state index in [0.717, 1.165) is 24.9 Å². The van der Waals surface area contributed by atoms with E-state index in [-0.39, 0.29) is 5.82 Å². The lowest BCUT2D eigenvalue weighted by molar-refractivity contribution is 0.641. The molecule has 1 N–H and O–H groups in total. The Morgan fingerprint density at radius 3 is 2.80 bits per heavy atom. The molecule has 0 spiro atoms. The van der Waals surface area contributed by atoms with E-state index in [2.05, 4.69) is 27.2 Å². The van der Waals surface area contributed by atoms with Gasteiger partial charge in [-0.1, -0.05) is 42.6 Å². The average Bonchev–Trinajstić information content (AvgIpc) is 3.03. The Morgan fingerprint density at radius 1 is 1.24 bits per heavy atom. The summed E-state index contributed by atoms with van der Waals surface area (Å²) in [6.07, 6.45) is 3.82. The maximum absolute atomic E-state index is 9.21. The molecule has 0 saturated carbocycles. The van der Waals surface area contributed by atoms with Crippen molar-refractivity contribution in [3.05, 3.63) is 46.0 Å². The number of nitrogens with one attached hydrogen (secondary N) is 1. The van der Waals surface area contributed by atoms with Gasteiger partial charge in [-0.2, -0.15) is 15.2 Å². The lowest BCUT2D eigenvalue weighted by Gasteiger charge is -2.08. The van der Waals surface area contributed by atoms with Crippen LogP contribution in [0.15, 0.2) is 24.5 Å². The van der Waals surface area contributed by atoms with Crippen LogP contribution in [0.1, 0.15) is 31.2 Å². The second-order valence-corrected chi connectivity index (χ2v) is 6.39. The number of halogens is 2. The Kier molecular flexibility index (Phi) is 5.37. The minimum absolute atomic E-state index is 0.113. The molecule has 0 saturated heterocycles. The van der Waals surface area contributed by atoms with Gasteiger partial charge in [0.1, 0.15) is 6.07 Å². The molecule has 0 aliphatic carbocycles. The molecule has 3 aromatic rings. The number of aromatic nitrogens is 4. The Balaban J connectivity index is 1.90. The van der Waals surface area contributed by atoms with E-state index in [4.69, 9.17) is 23.2 Å². The van der Waals surface area contributed by atoms with Crippen LogP contribution in [0, 0.1) is 11.3 Å². The minimum atomic E-state index is 0.113. The quantitative estimate of drug-likeness (QED) is 0.690. The lowest BCUT2D eigenvalue weighted by Crippen LogP contribution is -2.06. The predicted molar refractivity (Wildman–Crippen MR) is 98.7 cm³/mol. The average molecular weight is 375 g/mol. The molecule has 25 heavy (non-hydrogen) atoms. The summed E-state index contributed by atoms with van der Waals surface area (Å²) in [5, 5.41) is 13.4. The van der Waals surface area contributed by atoms with Crippen LogP contribution in [-0.2, 0) is 13.1 Å². The monoisotopic (exact) mass is 374 g/mol. The van der Waals surface area contributed by atoms with Crippen molar-refractivity contribution in [2.24, 2.45) is 0 Å². The number of hydrogen-bond acceptors (Lipinski definition) is 5. The fourth-order valence-electron chi connectivity index (χ4n) is 2.44. The summed E-state index contributed by atoms with van der Waals surface area (Å²) >= 11 is 12.0. The van der Waals surface area contributed by atoms with Crippen LogP contribution in [-0.4, -0.2) is 19.5 Å². The SMILES string of the molecule is CCCCn1cnc2c(NCc3ccc(Cl)c(Cl)c3)nc(C#N)nc21. The zero-order chi connectivity index (χ0) is 17.8. The van der Waals surface area contributed by atoms with Gasteiger partial charge in [0.15, 0.2) is 17.0 Å². The van der Waals surface area contributed by atoms with Crippen LogP contribution >= 0.6 is 23.2 Å². The number of benzene rings is 1. The van der Waals surface area contributed by atoms with Crippen LogP contribution in [0.5, 0.6) is 0 Å². The van der Waals surface area contributed by atoms with E-state index in [1.54, 1.807) is 18.5 Å². The zero-order valence-electron chi connectivity index (χ0n) is 13.6. The largest absolute Gasteiger partial charge is 0.364 e. The van der Waals surface area contributed by atoms with Gasteiger partial charge in [0.2, 0.25) is 5.82 Å². The molecule has 8 heteroatoms. The molecule has 0 radical (unpaired) electrons. The first-order chi connectivity index (χ1) is 12.1. The Hall–Kier alpha value is -2.36. The minimum Gasteiger partial charge on any atom is -0.364 e. The Labute approximate surface area is 155 Å². The van der Waals surface area contributed by atoms with Gasteiger partial charge in [-0.25, -0.2) is 4.98 Å². The van der Waals surface area contributed by atoms with Crippen LogP contribution in [0.4, 0.5) is 5.82 Å². The fourth-order valence-corrected chi connectivity index (χ4v) is 2.77. The van der Waals surface area contributed by atoms with Crippen molar-refractivity contribution in [1.82, 2.24) is 19.5 Å². The molecule has 1 aromatic carbocycles. The van der Waals surface area contributed by atoms with Crippen molar-refractivity contribution in [1.29, 1.82) is 5.26 Å². The predicted octanol–water partition coefficient (Wildman–Crippen LogP) is 4.42. The van der Waals surface area contributed by atoms with Gasteiger partial charge in [-0.3, -0.25) is 0 Å². The molecule has 3 rings (SSSR count). The number of hydrogen-bond donors (Lipinski definition) is 1. The summed E-state index contributed by atoms with van der Waals surface area (Å²) in [4.78, 5) is 13.0. The highest BCUT2D eigenvalue weighted by Gasteiger charge is 2.13. The van der Waals surface area contributed by atoms with E-state index in [0.29, 0.717) is 33.6 Å². The molecule has 0 bridgehead atoms. The molecular weight excluding hydrogens is 359 g/mol. The Bertz CT molecular complexity index is 944. The number of nitrogens with zero attached hydrogens (tertiary/aromatic N) is 5. The first-order valence-corrected chi connectivity index (χ1v) is 8.68. The molecule has 2 heterocycles. The number of imidazole rings is 1. The number of aryl methyl sites for hydroxylation is 1. The second kappa shape index (κ2) is 7.68. The van der Waals surface area contributed by atoms with Gasteiger partial charge in [0, 0.05) is 13.1 Å². The third-order valence-corrected chi connectivity index (χ3v) is 4.50. The highest BCUT2D eigenvalue weighted by Crippen LogP contribution is 2.24. The zero-order valence-corrected chi connectivity index (χ0v) is 15.1. The third-order valence-electron chi connectivity index (χ3n) is 3.76. The molecule has 0 amide bonds. The van der Waals surface area contributed by atoms with E-state index in [9.17, 15) is 5.26 Å². The van der Waals surface area contributed by atoms with E-state index >= 15 is 0 Å². The number of anilines is 1. The summed E-state index contributed by atoms with van der Waals surface area (Å²) < 4.78 is 1.95. The van der Waals surface area contributed by atoms with E-state index in [1.807, 2.05) is 16.7 Å². The van der Waals surface area contributed by atoms with Crippen LogP contribution < -0.4 is 5.32 Å². The summed E-state index contributed by atoms with van der Waals surface area (Å²) in [7, 11) is 0. The standard InChI is InChI=1S/C17H16Cl2N6/c1-2-3-6-25-10-22-15-16(23-14(8-20)24-17(15)25)21-9-11-4-5-12(18)13(19)7-11/h4-5,7,10H,2-3,6,9H2,1H3,(H,21,23,24). The molecule has 2 aromatic heterocycles. The van der Waals surface area contributed by atoms with Gasteiger partial charge in [0.25, 0.3) is 0 Å². The normalized spacial score (nSPS) is 10.8. The van der Waals surface area contributed by atoms with Gasteiger partial charge in [-0.05, 0) is 24.1 Å². The number of rotatable bonds is 6. The topological polar surface area (TPSA) is 79.4 Å². The summed E-state index contributed by atoms with van der Waals surface area (Å²) in [6.45, 7) is 3.41. The summed E-state index contributed by atoms with van der Waals surface area (Å²) in [5.41, 5.74) is 2.26. The molecular formula is C17H16Cl2N6. The van der Waals surface area contributed by atoms with E-state index in [1.165, 1.54) is 0 Å². The van der Waals surface area contributed by atoms with Gasteiger partial charge >= 0.3 is 0 Å². The first-order valence-electron chi connectivity index (χ1n) is 7.93. The Morgan fingerprint density at radius 2 is 2.08 bits per heavy atom. The first kappa shape index (κ1) is 17.5. The van der Waals surface area contributed by atoms with Crippen molar-refractivity contribution in [2.75, 3.05) is 5.32 Å². The maximum Gasteiger partial charge on any atom is 0.236 e. The molecule has 0 unspecified atom stereocenters. The molecule has 6 nitrogen and oxygen atoms in total. The second-order valence-electron chi connectivity index (χ2n) is 5.57. The highest BCUT2D eigenvalue weighted by atomic mass is 35.5. The highest BCUT2D eigenvalue weighted by molar-refractivity contribution is 6.42. The van der Waals surface area contributed by atoms with Crippen LogP contribution in [0.25, 0.3) is 11.2 Å². The summed E-state index contributed by atoms with van der Waals surface area (Å²) in [6, 6.07) is 7.42. The maximum atomic E-state index is 9.21. The smallest absolute Gasteiger partial charge is 0.236 e. The van der Waals surface area contributed by atoms with Gasteiger partial charge < -0.3 is 9.88 Å². The van der Waals surface area contributed by atoms with Crippen molar-refractivity contribution < 1.29 is 0 Å². The fraction of sp³-hybridized carbons (Fsp3) is 0.294. The molecule has 0 fully saturated rings. The van der Waals surface area contributed by atoms with Crippen molar-refractivity contribution in [2.45, 2.75) is 32.9 Å². The van der Waals surface area contributed by atoms with Crippen molar-refractivity contribution >= 4 is 40.2 Å². The van der Waals surface area contributed by atoms with Gasteiger partial charge in [-0.15, -0.1) is 0 Å². The molecule has 0 aliphatic rings. The van der Waals surface area contributed by atoms with Crippen LogP contribution in [0.2, 0.25) is 10.0 Å². The van der Waals surface area contributed by atoms with Crippen molar-refractivity contribution in [3.8, 4) is 6.07 Å². The van der Waals surface area contributed by atoms with Crippen LogP contribution in [0.3, 0.4) is 0 Å². The molecule has 0 atom stereocenters. The molecule has 128 valence electrons.